The summed E-state index contributed by atoms with van der Waals surface area (Å²) in [6.07, 6.45) is 0.742. The van der Waals surface area contributed by atoms with Crippen molar-refractivity contribution in [2.75, 3.05) is 18.5 Å². The number of hydrogen-bond donors (Lipinski definition) is 2. The molecule has 6 nitrogen and oxygen atoms in total. The van der Waals surface area contributed by atoms with Crippen LogP contribution in [0, 0.1) is 0 Å². The van der Waals surface area contributed by atoms with Gasteiger partial charge in [-0.3, -0.25) is 9.59 Å². The second kappa shape index (κ2) is 4.87. The summed E-state index contributed by atoms with van der Waals surface area (Å²) in [6.45, 7) is 0.484. The number of amides is 2. The van der Waals surface area contributed by atoms with Crippen LogP contribution in [-0.4, -0.2) is 31.3 Å². The van der Waals surface area contributed by atoms with Crippen LogP contribution in [0.15, 0.2) is 17.8 Å². The van der Waals surface area contributed by atoms with E-state index in [1.54, 1.807) is 13.1 Å². The molecule has 1 atom stereocenters. The molecule has 1 aromatic rings. The topological polar surface area (TPSA) is 92.5 Å². The molecule has 1 aromatic carbocycles. The maximum absolute atomic E-state index is 12.8. The lowest BCUT2D eigenvalue weighted by Crippen LogP contribution is -2.45. The SMILES string of the molecule is CN1C(=O)C2(CCNC(=C=O)C2)c2c(Cl)cc(C(N)=O)cc21. The Morgan fingerprint density at radius 3 is 2.86 bits per heavy atom. The second-order valence-corrected chi connectivity index (χ2v) is 6.00. The molecule has 2 heterocycles. The average molecular weight is 320 g/mol. The number of allylic oxidation sites excluding steroid dienone is 1. The lowest BCUT2D eigenvalue weighted by molar-refractivity contribution is -0.123. The molecular formula is C15H14ClN3O3. The molecule has 0 radical (unpaired) electrons. The number of halogens is 1. The number of benzene rings is 1. The van der Waals surface area contributed by atoms with Crippen LogP contribution in [-0.2, 0) is 15.0 Å². The van der Waals surface area contributed by atoms with Crippen LogP contribution >= 0.6 is 11.6 Å². The van der Waals surface area contributed by atoms with Crippen molar-refractivity contribution in [3.05, 3.63) is 34.0 Å². The lowest BCUT2D eigenvalue weighted by Gasteiger charge is -2.33. The van der Waals surface area contributed by atoms with E-state index in [-0.39, 0.29) is 17.9 Å². The molecule has 0 aliphatic carbocycles. The first-order valence-electron chi connectivity index (χ1n) is 6.80. The maximum atomic E-state index is 12.8. The van der Waals surface area contributed by atoms with Gasteiger partial charge in [0, 0.05) is 41.9 Å². The minimum atomic E-state index is -0.880. The number of piperidine rings is 1. The van der Waals surface area contributed by atoms with Crippen LogP contribution in [0.1, 0.15) is 28.8 Å². The normalized spacial score (nSPS) is 23.3. The van der Waals surface area contributed by atoms with Crippen molar-refractivity contribution >= 4 is 35.0 Å². The molecule has 3 rings (SSSR count). The number of nitrogens with two attached hydrogens (primary N) is 1. The molecule has 3 N–H and O–H groups in total. The largest absolute Gasteiger partial charge is 0.379 e. The highest BCUT2D eigenvalue weighted by Crippen LogP contribution is 2.51. The van der Waals surface area contributed by atoms with E-state index in [1.807, 2.05) is 5.94 Å². The standard InChI is InChI=1S/C15H14ClN3O3/c1-19-11-5-8(13(17)21)4-10(16)12(11)15(14(19)22)2-3-18-9(6-15)7-20/h4-5,18H,2-3,6H2,1H3,(H2,17,21). The number of likely N-dealkylation sites (N-methyl/N-ethyl adjacent to an activating group) is 1. The van der Waals surface area contributed by atoms with Gasteiger partial charge in [-0.1, -0.05) is 11.6 Å². The van der Waals surface area contributed by atoms with Crippen molar-refractivity contribution in [3.8, 4) is 0 Å². The third kappa shape index (κ3) is 1.85. The van der Waals surface area contributed by atoms with E-state index in [4.69, 9.17) is 17.3 Å². The fourth-order valence-corrected chi connectivity index (χ4v) is 3.75. The highest BCUT2D eigenvalue weighted by atomic mass is 35.5. The van der Waals surface area contributed by atoms with E-state index in [0.717, 1.165) is 0 Å². The summed E-state index contributed by atoms with van der Waals surface area (Å²) in [6, 6.07) is 3.05. The number of primary amides is 1. The van der Waals surface area contributed by atoms with Gasteiger partial charge in [-0.2, -0.15) is 0 Å². The molecule has 2 amide bonds. The summed E-state index contributed by atoms with van der Waals surface area (Å²) in [5.41, 5.74) is 6.25. The number of hydrogen-bond acceptors (Lipinski definition) is 4. The summed E-state index contributed by atoms with van der Waals surface area (Å²) >= 11 is 6.35. The van der Waals surface area contributed by atoms with E-state index in [1.165, 1.54) is 11.0 Å². The summed E-state index contributed by atoms with van der Waals surface area (Å²) in [4.78, 5) is 36.7. The smallest absolute Gasteiger partial charge is 0.248 e. The predicted octanol–water partition coefficient (Wildman–Crippen LogP) is 0.752. The minimum absolute atomic E-state index is 0.139. The molecule has 0 aromatic heterocycles. The Hall–Kier alpha value is -2.30. The number of carbonyl (C=O) groups is 2. The number of anilines is 1. The van der Waals surface area contributed by atoms with Crippen molar-refractivity contribution in [2.45, 2.75) is 18.3 Å². The van der Waals surface area contributed by atoms with Crippen molar-refractivity contribution in [1.82, 2.24) is 5.32 Å². The number of nitrogens with one attached hydrogen (secondary N) is 1. The lowest BCUT2D eigenvalue weighted by atomic mass is 9.73. The van der Waals surface area contributed by atoms with Gasteiger partial charge in [-0.25, -0.2) is 4.79 Å². The van der Waals surface area contributed by atoms with Crippen LogP contribution in [0.5, 0.6) is 0 Å². The molecule has 2 aliphatic heterocycles. The van der Waals surface area contributed by atoms with E-state index in [9.17, 15) is 14.4 Å². The third-order valence-corrected chi connectivity index (χ3v) is 4.70. The molecule has 2 aliphatic rings. The Morgan fingerprint density at radius 1 is 1.50 bits per heavy atom. The molecule has 0 saturated carbocycles. The van der Waals surface area contributed by atoms with E-state index in [2.05, 4.69) is 5.32 Å². The van der Waals surface area contributed by atoms with E-state index < -0.39 is 11.3 Å². The number of fused-ring (bicyclic) bond motifs is 2. The minimum Gasteiger partial charge on any atom is -0.379 e. The van der Waals surface area contributed by atoms with Crippen molar-refractivity contribution < 1.29 is 14.4 Å². The van der Waals surface area contributed by atoms with Gasteiger partial charge in [0.15, 0.2) is 0 Å². The Labute approximate surface area is 131 Å². The van der Waals surface area contributed by atoms with Crippen LogP contribution in [0.2, 0.25) is 5.02 Å². The van der Waals surface area contributed by atoms with Crippen LogP contribution in [0.4, 0.5) is 5.69 Å². The number of rotatable bonds is 1. The fraction of sp³-hybridized carbons (Fsp3) is 0.333. The van der Waals surface area contributed by atoms with Gasteiger partial charge in [0.25, 0.3) is 0 Å². The number of nitrogens with zero attached hydrogens (tertiary/aromatic N) is 1. The van der Waals surface area contributed by atoms with Crippen molar-refractivity contribution in [3.63, 3.8) is 0 Å². The molecule has 1 fully saturated rings. The highest BCUT2D eigenvalue weighted by Gasteiger charge is 2.52. The molecule has 1 unspecified atom stereocenters. The van der Waals surface area contributed by atoms with Gasteiger partial charge < -0.3 is 16.0 Å². The zero-order valence-corrected chi connectivity index (χ0v) is 12.7. The van der Waals surface area contributed by atoms with Crippen LogP contribution < -0.4 is 16.0 Å². The summed E-state index contributed by atoms with van der Waals surface area (Å²) < 4.78 is 0. The van der Waals surface area contributed by atoms with Crippen molar-refractivity contribution in [2.24, 2.45) is 5.73 Å². The summed E-state index contributed by atoms with van der Waals surface area (Å²) in [5.74, 6) is 1.09. The Bertz CT molecular complexity index is 755. The molecule has 1 saturated heterocycles. The summed E-state index contributed by atoms with van der Waals surface area (Å²) in [5, 5.41) is 3.26. The highest BCUT2D eigenvalue weighted by molar-refractivity contribution is 6.33. The monoisotopic (exact) mass is 319 g/mol. The van der Waals surface area contributed by atoms with Gasteiger partial charge in [-0.05, 0) is 18.6 Å². The molecular weight excluding hydrogens is 306 g/mol. The second-order valence-electron chi connectivity index (χ2n) is 5.60. The molecule has 7 heteroatoms. The van der Waals surface area contributed by atoms with Gasteiger partial charge >= 0.3 is 0 Å². The van der Waals surface area contributed by atoms with Gasteiger partial charge in [0.1, 0.15) is 5.94 Å². The molecule has 22 heavy (non-hydrogen) atoms. The Kier molecular flexibility index (Phi) is 3.24. The third-order valence-electron chi connectivity index (χ3n) is 4.40. The van der Waals surface area contributed by atoms with Crippen molar-refractivity contribution in [1.29, 1.82) is 0 Å². The molecule has 0 bridgehead atoms. The first-order valence-corrected chi connectivity index (χ1v) is 7.18. The van der Waals surface area contributed by atoms with Gasteiger partial charge in [-0.15, -0.1) is 0 Å². The predicted molar refractivity (Wildman–Crippen MR) is 81.5 cm³/mol. The first kappa shape index (κ1) is 14.6. The average Bonchev–Trinajstić information content (AvgIpc) is 2.70. The summed E-state index contributed by atoms with van der Waals surface area (Å²) in [7, 11) is 1.63. The maximum Gasteiger partial charge on any atom is 0.248 e. The Balaban J connectivity index is 2.24. The first-order chi connectivity index (χ1) is 10.4. The zero-order chi connectivity index (χ0) is 16.1. The van der Waals surface area contributed by atoms with Gasteiger partial charge in [0.05, 0.1) is 11.1 Å². The van der Waals surface area contributed by atoms with E-state index in [0.29, 0.717) is 34.9 Å². The Morgan fingerprint density at radius 2 is 2.23 bits per heavy atom. The molecule has 114 valence electrons. The van der Waals surface area contributed by atoms with Crippen LogP contribution in [0.25, 0.3) is 0 Å². The fourth-order valence-electron chi connectivity index (χ4n) is 3.36. The van der Waals surface area contributed by atoms with Gasteiger partial charge in [0.2, 0.25) is 11.8 Å². The van der Waals surface area contributed by atoms with E-state index >= 15 is 0 Å². The van der Waals surface area contributed by atoms with Crippen LogP contribution in [0.3, 0.4) is 0 Å². The zero-order valence-electron chi connectivity index (χ0n) is 11.9. The number of carbonyl (C=O) groups excluding carboxylic acids is 3. The molecule has 1 spiro atoms. The quantitative estimate of drug-likeness (QED) is 0.747.